The molecule has 1 aromatic rings. The average Bonchev–Trinajstić information content (AvgIpc) is 2.34. The summed E-state index contributed by atoms with van der Waals surface area (Å²) in [5, 5.41) is 0. The second kappa shape index (κ2) is 6.61. The second-order valence-corrected chi connectivity index (χ2v) is 6.52. The lowest BCUT2D eigenvalue weighted by molar-refractivity contribution is -0.139. The van der Waals surface area contributed by atoms with Crippen molar-refractivity contribution >= 4 is 21.4 Å². The Morgan fingerprint density at radius 3 is 2.26 bits per heavy atom. The first-order valence-corrected chi connectivity index (χ1v) is 7.92. The summed E-state index contributed by atoms with van der Waals surface area (Å²) in [5.41, 5.74) is -1.10. The van der Waals surface area contributed by atoms with Gasteiger partial charge in [0.15, 0.2) is 9.84 Å². The molecule has 0 saturated carbocycles. The fourth-order valence-corrected chi connectivity index (χ4v) is 3.44. The Balaban J connectivity index is 2.96. The zero-order valence-electron chi connectivity index (χ0n) is 10.1. The van der Waals surface area contributed by atoms with Gasteiger partial charge in [-0.2, -0.15) is 13.2 Å². The van der Waals surface area contributed by atoms with Gasteiger partial charge in [0.05, 0.1) is 16.2 Å². The molecule has 19 heavy (non-hydrogen) atoms. The van der Waals surface area contributed by atoms with Crippen molar-refractivity contribution < 1.29 is 21.6 Å². The monoisotopic (exact) mass is 314 g/mol. The van der Waals surface area contributed by atoms with Crippen LogP contribution in [0.3, 0.4) is 0 Å². The van der Waals surface area contributed by atoms with Crippen molar-refractivity contribution in [1.29, 1.82) is 0 Å². The van der Waals surface area contributed by atoms with E-state index in [1.807, 2.05) is 0 Å². The van der Waals surface area contributed by atoms with Crippen LogP contribution in [0.25, 0.3) is 0 Å². The molecule has 0 heterocycles. The molecule has 108 valence electrons. The van der Waals surface area contributed by atoms with Crippen LogP contribution >= 0.6 is 11.6 Å². The number of hydrogen-bond acceptors (Lipinski definition) is 2. The number of unbranched alkanes of at least 4 members (excludes halogenated alkanes) is 2. The summed E-state index contributed by atoms with van der Waals surface area (Å²) in [6.07, 6.45) is -3.13. The van der Waals surface area contributed by atoms with E-state index in [1.165, 1.54) is 12.1 Å². The minimum Gasteiger partial charge on any atom is -0.224 e. The van der Waals surface area contributed by atoms with Crippen LogP contribution < -0.4 is 0 Å². The number of sulfone groups is 1. The van der Waals surface area contributed by atoms with Gasteiger partial charge in [-0.15, -0.1) is 11.6 Å². The topological polar surface area (TPSA) is 34.1 Å². The number of halogens is 4. The van der Waals surface area contributed by atoms with Crippen LogP contribution in [0.1, 0.15) is 24.8 Å². The maximum Gasteiger partial charge on any atom is 0.417 e. The normalized spacial score (nSPS) is 12.6. The highest BCUT2D eigenvalue weighted by Crippen LogP contribution is 2.34. The molecular formula is C12H14ClF3O2S. The number of rotatable bonds is 6. The summed E-state index contributed by atoms with van der Waals surface area (Å²) in [6, 6.07) is 4.25. The van der Waals surface area contributed by atoms with E-state index in [9.17, 15) is 21.6 Å². The fourth-order valence-electron chi connectivity index (χ4n) is 1.65. The molecule has 1 aromatic carbocycles. The Kier molecular flexibility index (Phi) is 5.67. The van der Waals surface area contributed by atoms with Crippen molar-refractivity contribution in [3.05, 3.63) is 29.8 Å². The lowest BCUT2D eigenvalue weighted by Crippen LogP contribution is -2.15. The van der Waals surface area contributed by atoms with Crippen molar-refractivity contribution in [3.8, 4) is 0 Å². The smallest absolute Gasteiger partial charge is 0.224 e. The molecule has 2 nitrogen and oxygen atoms in total. The molecular weight excluding hydrogens is 301 g/mol. The highest BCUT2D eigenvalue weighted by Gasteiger charge is 2.36. The predicted molar refractivity (Wildman–Crippen MR) is 68.1 cm³/mol. The highest BCUT2D eigenvalue weighted by molar-refractivity contribution is 7.91. The Morgan fingerprint density at radius 1 is 1.05 bits per heavy atom. The minimum absolute atomic E-state index is 0.295. The van der Waals surface area contributed by atoms with E-state index in [1.54, 1.807) is 0 Å². The van der Waals surface area contributed by atoms with Crippen LogP contribution in [0, 0.1) is 0 Å². The molecule has 0 fully saturated rings. The first kappa shape index (κ1) is 16.3. The summed E-state index contributed by atoms with van der Waals surface area (Å²) in [6.45, 7) is 0. The zero-order chi connectivity index (χ0) is 14.5. The lowest BCUT2D eigenvalue weighted by atomic mass is 10.2. The van der Waals surface area contributed by atoms with Crippen LogP contribution in [-0.4, -0.2) is 20.1 Å². The second-order valence-electron chi connectivity index (χ2n) is 4.06. The highest BCUT2D eigenvalue weighted by atomic mass is 35.5. The van der Waals surface area contributed by atoms with Crippen LogP contribution in [0.15, 0.2) is 29.2 Å². The van der Waals surface area contributed by atoms with Crippen LogP contribution in [0.4, 0.5) is 13.2 Å². The molecule has 0 aliphatic rings. The molecule has 1 rings (SSSR count). The van der Waals surface area contributed by atoms with Gasteiger partial charge in [-0.3, -0.25) is 0 Å². The van der Waals surface area contributed by atoms with Gasteiger partial charge in [-0.1, -0.05) is 18.6 Å². The molecule has 0 aliphatic carbocycles. The van der Waals surface area contributed by atoms with E-state index in [2.05, 4.69) is 0 Å². The van der Waals surface area contributed by atoms with Crippen molar-refractivity contribution in [1.82, 2.24) is 0 Å². The number of hydrogen-bond donors (Lipinski definition) is 0. The molecule has 0 saturated heterocycles. The van der Waals surface area contributed by atoms with Crippen molar-refractivity contribution in [2.75, 3.05) is 11.6 Å². The molecule has 7 heteroatoms. The summed E-state index contributed by atoms with van der Waals surface area (Å²) in [5.74, 6) is 0.121. The summed E-state index contributed by atoms with van der Waals surface area (Å²) >= 11 is 5.46. The Bertz CT molecular complexity index is 512. The molecule has 0 aromatic heterocycles. The van der Waals surface area contributed by atoms with E-state index >= 15 is 0 Å². The van der Waals surface area contributed by atoms with Crippen molar-refractivity contribution in [2.24, 2.45) is 0 Å². The van der Waals surface area contributed by atoms with Gasteiger partial charge in [-0.05, 0) is 25.0 Å². The quantitative estimate of drug-likeness (QED) is 0.589. The lowest BCUT2D eigenvalue weighted by Gasteiger charge is -2.12. The number of benzene rings is 1. The molecule has 0 spiro atoms. The van der Waals surface area contributed by atoms with Crippen molar-refractivity contribution in [3.63, 3.8) is 0 Å². The van der Waals surface area contributed by atoms with E-state index in [4.69, 9.17) is 11.6 Å². The standard InChI is InChI=1S/C12H14ClF3O2S/c13-8-4-1-5-9-19(17,18)11-7-3-2-6-10(11)12(14,15)16/h2-3,6-7H,1,4-5,8-9H2. The largest absolute Gasteiger partial charge is 0.417 e. The number of alkyl halides is 4. The Morgan fingerprint density at radius 2 is 1.68 bits per heavy atom. The minimum atomic E-state index is -4.67. The van der Waals surface area contributed by atoms with Crippen LogP contribution in [0.5, 0.6) is 0 Å². The Labute approximate surface area is 115 Å². The SMILES string of the molecule is O=S(=O)(CCCCCCl)c1ccccc1C(F)(F)F. The summed E-state index contributed by atoms with van der Waals surface area (Å²) in [4.78, 5) is -0.645. The van der Waals surface area contributed by atoms with Gasteiger partial charge < -0.3 is 0 Å². The van der Waals surface area contributed by atoms with Crippen LogP contribution in [-0.2, 0) is 16.0 Å². The van der Waals surface area contributed by atoms with E-state index in [0.717, 1.165) is 12.1 Å². The van der Waals surface area contributed by atoms with Gasteiger partial charge in [0.2, 0.25) is 0 Å². The van der Waals surface area contributed by atoms with Gasteiger partial charge in [0.25, 0.3) is 0 Å². The first-order chi connectivity index (χ1) is 8.79. The zero-order valence-corrected chi connectivity index (χ0v) is 11.7. The first-order valence-electron chi connectivity index (χ1n) is 5.74. The Hall–Kier alpha value is -0.750. The third-order valence-corrected chi connectivity index (χ3v) is 4.69. The molecule has 0 N–H and O–H groups in total. The molecule has 0 aliphatic heterocycles. The van der Waals surface area contributed by atoms with Gasteiger partial charge in [0.1, 0.15) is 0 Å². The summed E-state index contributed by atoms with van der Waals surface area (Å²) < 4.78 is 62.1. The third kappa shape index (κ3) is 4.69. The molecule has 0 atom stereocenters. The van der Waals surface area contributed by atoms with E-state index in [-0.39, 0.29) is 5.75 Å². The van der Waals surface area contributed by atoms with Crippen molar-refractivity contribution in [2.45, 2.75) is 30.3 Å². The summed E-state index contributed by atoms with van der Waals surface area (Å²) in [7, 11) is -3.92. The van der Waals surface area contributed by atoms with Crippen LogP contribution in [0.2, 0.25) is 0 Å². The van der Waals surface area contributed by atoms with E-state index in [0.29, 0.717) is 25.1 Å². The fraction of sp³-hybridized carbons (Fsp3) is 0.500. The third-order valence-electron chi connectivity index (χ3n) is 2.57. The molecule has 0 radical (unpaired) electrons. The maximum absolute atomic E-state index is 12.7. The molecule has 0 amide bonds. The predicted octanol–water partition coefficient (Wildman–Crippen LogP) is 3.89. The van der Waals surface area contributed by atoms with Gasteiger partial charge >= 0.3 is 6.18 Å². The molecule has 0 bridgehead atoms. The molecule has 0 unspecified atom stereocenters. The van der Waals surface area contributed by atoms with Gasteiger partial charge in [-0.25, -0.2) is 8.42 Å². The van der Waals surface area contributed by atoms with Gasteiger partial charge in [0, 0.05) is 5.88 Å². The maximum atomic E-state index is 12.7. The van der Waals surface area contributed by atoms with E-state index < -0.39 is 26.5 Å². The average molecular weight is 315 g/mol.